The summed E-state index contributed by atoms with van der Waals surface area (Å²) in [4.78, 5) is 28.9. The van der Waals surface area contributed by atoms with Crippen molar-refractivity contribution in [2.75, 3.05) is 13.6 Å². The molecule has 2 N–H and O–H groups in total. The number of nitrogens with one attached hydrogen (secondary N) is 2. The molecule has 0 radical (unpaired) electrons. The van der Waals surface area contributed by atoms with Crippen LogP contribution < -0.4 is 10.6 Å². The van der Waals surface area contributed by atoms with Gasteiger partial charge in [0.15, 0.2) is 5.82 Å². The summed E-state index contributed by atoms with van der Waals surface area (Å²) in [5.74, 6) is 0.824. The maximum Gasteiger partial charge on any atom is 0.324 e. The molecule has 0 saturated carbocycles. The van der Waals surface area contributed by atoms with Crippen molar-refractivity contribution in [3.8, 4) is 11.5 Å². The Labute approximate surface area is 139 Å². The van der Waals surface area contributed by atoms with Crippen LogP contribution in [0.4, 0.5) is 4.79 Å². The Bertz CT molecular complexity index is 742. The van der Waals surface area contributed by atoms with Crippen molar-refractivity contribution in [1.82, 2.24) is 25.7 Å². The molecule has 2 aromatic rings. The Kier molecular flexibility index (Phi) is 4.57. The predicted molar refractivity (Wildman–Crippen MR) is 85.9 cm³/mol. The normalized spacial score (nSPS) is 15.7. The number of imide groups is 1. The number of hydrogen-bond donors (Lipinski definition) is 2. The van der Waals surface area contributed by atoms with E-state index in [1.165, 1.54) is 4.90 Å². The van der Waals surface area contributed by atoms with E-state index in [9.17, 15) is 9.59 Å². The van der Waals surface area contributed by atoms with Crippen LogP contribution in [0, 0.1) is 0 Å². The molecule has 2 heterocycles. The lowest BCUT2D eigenvalue weighted by atomic mass is 10.1. The van der Waals surface area contributed by atoms with Gasteiger partial charge in [-0.2, -0.15) is 4.98 Å². The topological polar surface area (TPSA) is 100 Å². The fourth-order valence-corrected chi connectivity index (χ4v) is 2.43. The fraction of sp³-hybridized carbons (Fsp3) is 0.375. The van der Waals surface area contributed by atoms with E-state index < -0.39 is 0 Å². The Morgan fingerprint density at radius 1 is 1.42 bits per heavy atom. The molecule has 1 unspecified atom stereocenters. The van der Waals surface area contributed by atoms with E-state index in [0.29, 0.717) is 18.1 Å². The SMILES string of the molecule is CNC(C)Cc1noc(-c2cccc(CN3C(=O)CNC3=O)c2)n1. The summed E-state index contributed by atoms with van der Waals surface area (Å²) in [6.45, 7) is 2.31. The van der Waals surface area contributed by atoms with Gasteiger partial charge in [-0.15, -0.1) is 0 Å². The molecule has 1 aromatic heterocycles. The lowest BCUT2D eigenvalue weighted by Gasteiger charge is -2.12. The summed E-state index contributed by atoms with van der Waals surface area (Å²) in [6, 6.07) is 7.27. The molecule has 0 aliphatic carbocycles. The molecule has 126 valence electrons. The number of aromatic nitrogens is 2. The summed E-state index contributed by atoms with van der Waals surface area (Å²) in [5.41, 5.74) is 1.58. The molecule has 8 heteroatoms. The van der Waals surface area contributed by atoms with Gasteiger partial charge in [0.2, 0.25) is 5.91 Å². The van der Waals surface area contributed by atoms with Gasteiger partial charge in [-0.05, 0) is 31.7 Å². The van der Waals surface area contributed by atoms with Gasteiger partial charge in [0, 0.05) is 18.0 Å². The van der Waals surface area contributed by atoms with Crippen LogP contribution in [-0.4, -0.2) is 46.6 Å². The first-order chi connectivity index (χ1) is 11.6. The summed E-state index contributed by atoms with van der Waals surface area (Å²) >= 11 is 0. The molecule has 1 aliphatic rings. The molecular weight excluding hydrogens is 310 g/mol. The minimum absolute atomic E-state index is 0.0508. The smallest absolute Gasteiger partial charge is 0.324 e. The van der Waals surface area contributed by atoms with Crippen molar-refractivity contribution >= 4 is 11.9 Å². The predicted octanol–water partition coefficient (Wildman–Crippen LogP) is 0.939. The van der Waals surface area contributed by atoms with Crippen molar-refractivity contribution in [2.24, 2.45) is 0 Å². The highest BCUT2D eigenvalue weighted by Crippen LogP contribution is 2.20. The van der Waals surface area contributed by atoms with E-state index in [0.717, 1.165) is 11.1 Å². The molecule has 0 spiro atoms. The van der Waals surface area contributed by atoms with Gasteiger partial charge in [-0.3, -0.25) is 9.69 Å². The molecular formula is C16H19N5O3. The summed E-state index contributed by atoms with van der Waals surface area (Å²) in [7, 11) is 1.88. The van der Waals surface area contributed by atoms with E-state index in [-0.39, 0.29) is 31.1 Å². The van der Waals surface area contributed by atoms with E-state index in [1.807, 2.05) is 38.2 Å². The van der Waals surface area contributed by atoms with Crippen molar-refractivity contribution in [3.63, 3.8) is 0 Å². The number of nitrogens with zero attached hydrogens (tertiary/aromatic N) is 3. The van der Waals surface area contributed by atoms with Crippen LogP contribution >= 0.6 is 0 Å². The largest absolute Gasteiger partial charge is 0.334 e. The van der Waals surface area contributed by atoms with Crippen molar-refractivity contribution in [2.45, 2.75) is 25.9 Å². The second-order valence-corrected chi connectivity index (χ2v) is 5.75. The van der Waals surface area contributed by atoms with Crippen LogP contribution in [0.5, 0.6) is 0 Å². The Morgan fingerprint density at radius 3 is 2.96 bits per heavy atom. The highest BCUT2D eigenvalue weighted by atomic mass is 16.5. The number of hydrogen-bond acceptors (Lipinski definition) is 6. The maximum atomic E-state index is 11.7. The third-order valence-corrected chi connectivity index (χ3v) is 3.90. The number of carbonyl (C=O) groups excluding carboxylic acids is 2. The van der Waals surface area contributed by atoms with Crippen molar-refractivity contribution < 1.29 is 14.1 Å². The third kappa shape index (κ3) is 3.43. The first-order valence-corrected chi connectivity index (χ1v) is 7.74. The van der Waals surface area contributed by atoms with E-state index in [1.54, 1.807) is 0 Å². The van der Waals surface area contributed by atoms with E-state index >= 15 is 0 Å². The van der Waals surface area contributed by atoms with Gasteiger partial charge >= 0.3 is 6.03 Å². The van der Waals surface area contributed by atoms with Crippen LogP contribution in [0.15, 0.2) is 28.8 Å². The first-order valence-electron chi connectivity index (χ1n) is 7.74. The minimum atomic E-state index is -0.369. The van der Waals surface area contributed by atoms with Gasteiger partial charge in [0.1, 0.15) is 0 Å². The lowest BCUT2D eigenvalue weighted by Crippen LogP contribution is -2.30. The lowest BCUT2D eigenvalue weighted by molar-refractivity contribution is -0.125. The average molecular weight is 329 g/mol. The fourth-order valence-electron chi connectivity index (χ4n) is 2.43. The number of rotatable bonds is 6. The summed E-state index contributed by atoms with van der Waals surface area (Å²) in [6.07, 6.45) is 0.669. The molecule has 24 heavy (non-hydrogen) atoms. The van der Waals surface area contributed by atoms with Crippen molar-refractivity contribution in [3.05, 3.63) is 35.7 Å². The van der Waals surface area contributed by atoms with Crippen LogP contribution in [0.25, 0.3) is 11.5 Å². The van der Waals surface area contributed by atoms with Gasteiger partial charge in [-0.25, -0.2) is 4.79 Å². The van der Waals surface area contributed by atoms with Crippen molar-refractivity contribution in [1.29, 1.82) is 0 Å². The number of urea groups is 1. The molecule has 1 saturated heterocycles. The van der Waals surface area contributed by atoms with Gasteiger partial charge in [-0.1, -0.05) is 17.3 Å². The second-order valence-electron chi connectivity index (χ2n) is 5.75. The highest BCUT2D eigenvalue weighted by molar-refractivity contribution is 6.01. The monoisotopic (exact) mass is 329 g/mol. The van der Waals surface area contributed by atoms with Crippen LogP contribution in [0.2, 0.25) is 0 Å². The minimum Gasteiger partial charge on any atom is -0.334 e. The molecule has 0 bridgehead atoms. The van der Waals surface area contributed by atoms with E-state index in [4.69, 9.17) is 4.52 Å². The van der Waals surface area contributed by atoms with Gasteiger partial charge in [0.05, 0.1) is 13.1 Å². The second kappa shape index (κ2) is 6.79. The molecule has 8 nitrogen and oxygen atoms in total. The first kappa shape index (κ1) is 16.1. The average Bonchev–Trinajstić information content (AvgIpc) is 3.17. The van der Waals surface area contributed by atoms with Gasteiger partial charge in [0.25, 0.3) is 5.89 Å². The Balaban J connectivity index is 1.76. The maximum absolute atomic E-state index is 11.7. The Morgan fingerprint density at radius 2 is 2.25 bits per heavy atom. The third-order valence-electron chi connectivity index (χ3n) is 3.90. The summed E-state index contributed by atoms with van der Waals surface area (Å²) in [5, 5.41) is 9.61. The number of amides is 3. The van der Waals surface area contributed by atoms with E-state index in [2.05, 4.69) is 20.8 Å². The summed E-state index contributed by atoms with van der Waals surface area (Å²) < 4.78 is 5.31. The molecule has 1 aromatic carbocycles. The van der Waals surface area contributed by atoms with Crippen LogP contribution in [-0.2, 0) is 17.8 Å². The molecule has 1 fully saturated rings. The molecule has 1 aliphatic heterocycles. The zero-order valence-corrected chi connectivity index (χ0v) is 13.6. The zero-order chi connectivity index (χ0) is 17.1. The zero-order valence-electron chi connectivity index (χ0n) is 13.6. The standard InChI is InChI=1S/C16H19N5O3/c1-10(17-2)6-13-19-15(24-20-13)12-5-3-4-11(7-12)9-21-14(22)8-18-16(21)23/h3-5,7,10,17H,6,8-9H2,1-2H3,(H,18,23). The quantitative estimate of drug-likeness (QED) is 0.765. The van der Waals surface area contributed by atoms with Crippen LogP contribution in [0.1, 0.15) is 18.3 Å². The Hall–Kier alpha value is -2.74. The van der Waals surface area contributed by atoms with Gasteiger partial charge < -0.3 is 15.2 Å². The molecule has 3 amide bonds. The highest BCUT2D eigenvalue weighted by Gasteiger charge is 2.28. The molecule has 1 atom stereocenters. The number of benzene rings is 1. The van der Waals surface area contributed by atoms with Crippen LogP contribution in [0.3, 0.4) is 0 Å². The molecule has 3 rings (SSSR count). The number of carbonyl (C=O) groups is 2. The number of likely N-dealkylation sites (N-methyl/N-ethyl adjacent to an activating group) is 1.